The number of fused-ring (bicyclic) bond motifs is 5. The molecule has 0 N–H and O–H groups in total. The van der Waals surface area contributed by atoms with Gasteiger partial charge in [-0.15, -0.1) is 0 Å². The van der Waals surface area contributed by atoms with E-state index in [4.69, 9.17) is 42.6 Å². The van der Waals surface area contributed by atoms with Gasteiger partial charge < -0.3 is 42.6 Å². The molecule has 0 aromatic heterocycles. The normalized spacial score (nSPS) is 34.4. The van der Waals surface area contributed by atoms with Gasteiger partial charge in [0.05, 0.1) is 51.9 Å². The fourth-order valence-corrected chi connectivity index (χ4v) is 15.5. The average molecular weight is 1240 g/mol. The van der Waals surface area contributed by atoms with Crippen LogP contribution < -0.4 is 0 Å². The van der Waals surface area contributed by atoms with Crippen molar-refractivity contribution >= 4 is 59.5 Å². The van der Waals surface area contributed by atoms with Gasteiger partial charge in [0.1, 0.15) is 43.2 Å². The van der Waals surface area contributed by atoms with Gasteiger partial charge in [-0.25, -0.2) is 4.79 Å². The van der Waals surface area contributed by atoms with Crippen molar-refractivity contribution in [3.63, 3.8) is 0 Å². The molecule has 7 saturated carbocycles. The first kappa shape index (κ1) is 68.8. The van der Waals surface area contributed by atoms with Crippen LogP contribution in [0, 0.1) is 92.7 Å². The molecule has 18 atom stereocenters. The van der Waals surface area contributed by atoms with Gasteiger partial charge in [0, 0.05) is 24.7 Å². The average Bonchev–Trinajstić information content (AvgIpc) is 1.73. The topological polar surface area (TPSA) is 254 Å². The van der Waals surface area contributed by atoms with Crippen LogP contribution in [0.4, 0.5) is 0 Å². The highest BCUT2D eigenvalue weighted by molar-refractivity contribution is 5.84. The summed E-state index contributed by atoms with van der Waals surface area (Å²) in [7, 11) is 0. The zero-order valence-electron chi connectivity index (χ0n) is 54.8. The molecule has 7 saturated heterocycles. The Morgan fingerprint density at radius 1 is 0.420 bits per heavy atom. The summed E-state index contributed by atoms with van der Waals surface area (Å²) < 4.78 is 48.9. The van der Waals surface area contributed by atoms with Crippen LogP contribution >= 0.6 is 0 Å². The fraction of sp³-hybridized carbons (Fsp3) is 0.855. The molecule has 494 valence electrons. The lowest BCUT2D eigenvalue weighted by molar-refractivity contribution is -0.180. The van der Waals surface area contributed by atoms with E-state index in [1.807, 2.05) is 69.2 Å². The van der Waals surface area contributed by atoms with Crippen molar-refractivity contribution in [1.29, 1.82) is 0 Å². The molecule has 7 aliphatic carbocycles. The van der Waals surface area contributed by atoms with Crippen LogP contribution in [0.25, 0.3) is 0 Å². The largest absolute Gasteiger partial charge is 0.465 e. The Morgan fingerprint density at radius 3 is 1.38 bits per heavy atom. The summed E-state index contributed by atoms with van der Waals surface area (Å²) in [4.78, 5) is 120. The summed E-state index contributed by atoms with van der Waals surface area (Å²) in [6, 6.07) is 0. The SMILES string of the molecule is CCC(C)(C)C(=O)OC1C2CC3CC(C2)C(=O)OC1C3.CCC(C)(C)C(=O)OCC(=O)CC1C2CC3CC(C2)C(=O)OC1C3.CCC(C)(C)C(=O)OCC(=O)OC1CCC2CC1OC2=O.CCC(C)(C)C(=O)OCCCC1C2CC3CC(C2)C(=O)OC1C3. The monoisotopic (exact) mass is 1240 g/mol. The minimum Gasteiger partial charge on any atom is -0.465 e. The number of carbonyl (C=O) groups excluding carboxylic acids is 10. The first-order chi connectivity index (χ1) is 41.4. The molecule has 0 aromatic rings. The molecular weight excluding hydrogens is 1130 g/mol. The maximum absolute atomic E-state index is 12.3. The van der Waals surface area contributed by atoms with Crippen molar-refractivity contribution in [3.8, 4) is 0 Å². The van der Waals surface area contributed by atoms with Crippen molar-refractivity contribution in [3.05, 3.63) is 0 Å². The minimum atomic E-state index is -0.612. The van der Waals surface area contributed by atoms with E-state index in [2.05, 4.69) is 0 Å². The Morgan fingerprint density at radius 2 is 0.841 bits per heavy atom. The molecule has 14 rings (SSSR count). The first-order valence-corrected chi connectivity index (χ1v) is 33.7. The van der Waals surface area contributed by atoms with Crippen LogP contribution in [-0.4, -0.2) is 116 Å². The standard InChI is InChI=1S/C19H28O5.C19H30O4.C16H24O4.C15H22O6/c1-4-19(2,3)18(22)23-10-14(20)9-15-12-5-11-6-13(8-12)17(21)24-16(15)7-11;1-4-19(2,3)18(21)22-7-5-6-15-13-8-12-9-14(11-13)17(20)23-16(15)10-12;1-4-16(2,3)15(18)20-13-10-5-9-6-11(8-10)14(17)19-12(13)7-9;1-4-15(2,3)14(18)19-8-12(16)20-10-6-5-9-7-11(10)21-13(9)17/h11-13,15-16H,4-10H2,1-3H3;12-16H,4-11H2,1-3H3;9-13H,4-8H2,1-3H3;9-11H,4-8H2,1-3H3. The van der Waals surface area contributed by atoms with E-state index in [9.17, 15) is 47.9 Å². The van der Waals surface area contributed by atoms with Crippen LogP contribution in [0.5, 0.6) is 0 Å². The number of Topliss-reactive ketones (excluding diaryl/α,β-unsaturated/α-hetero) is 1. The molecule has 19 nitrogen and oxygen atoms in total. The Kier molecular flexibility index (Phi) is 22.4. The van der Waals surface area contributed by atoms with Crippen LogP contribution in [0.1, 0.15) is 224 Å². The molecule has 7 aliphatic heterocycles. The zero-order valence-corrected chi connectivity index (χ0v) is 54.8. The third-order valence-corrected chi connectivity index (χ3v) is 22.7. The van der Waals surface area contributed by atoms with Gasteiger partial charge in [-0.05, 0) is 219 Å². The third kappa shape index (κ3) is 16.5. The van der Waals surface area contributed by atoms with Crippen LogP contribution in [0.2, 0.25) is 0 Å². The predicted octanol–water partition coefficient (Wildman–Crippen LogP) is 10.9. The number of esters is 9. The highest BCUT2D eigenvalue weighted by atomic mass is 16.6. The van der Waals surface area contributed by atoms with E-state index in [0.717, 1.165) is 96.3 Å². The highest BCUT2D eigenvalue weighted by Crippen LogP contribution is 2.53. The number of ether oxygens (including phenoxy) is 9. The number of hydrogen-bond donors (Lipinski definition) is 0. The van der Waals surface area contributed by atoms with Crippen molar-refractivity contribution < 1.29 is 90.6 Å². The maximum atomic E-state index is 12.3. The second-order valence-electron chi connectivity index (χ2n) is 30.6. The molecule has 14 aliphatic rings. The lowest BCUT2D eigenvalue weighted by atomic mass is 9.62. The third-order valence-electron chi connectivity index (χ3n) is 22.7. The lowest BCUT2D eigenvalue weighted by Gasteiger charge is -2.42. The zero-order chi connectivity index (χ0) is 64.2. The van der Waals surface area contributed by atoms with E-state index < -0.39 is 46.3 Å². The Hall–Kier alpha value is -5.10. The summed E-state index contributed by atoms with van der Waals surface area (Å²) in [5.74, 6) is 1.93. The van der Waals surface area contributed by atoms with E-state index in [-0.39, 0.29) is 114 Å². The molecule has 0 aromatic carbocycles. The first-order valence-electron chi connectivity index (χ1n) is 33.7. The van der Waals surface area contributed by atoms with Gasteiger partial charge >= 0.3 is 53.7 Å². The second-order valence-corrected chi connectivity index (χ2v) is 30.6. The van der Waals surface area contributed by atoms with Crippen LogP contribution in [0.15, 0.2) is 0 Å². The van der Waals surface area contributed by atoms with Crippen LogP contribution in [0.3, 0.4) is 0 Å². The maximum Gasteiger partial charge on any atom is 0.344 e. The molecule has 0 radical (unpaired) electrons. The molecular formula is C69H104O19. The Bertz CT molecular complexity index is 2560. The number of rotatable bonds is 20. The van der Waals surface area contributed by atoms with Gasteiger partial charge in [0.25, 0.3) is 0 Å². The summed E-state index contributed by atoms with van der Waals surface area (Å²) >= 11 is 0. The van der Waals surface area contributed by atoms with E-state index in [0.29, 0.717) is 86.6 Å². The highest BCUT2D eigenvalue weighted by Gasteiger charge is 2.54. The number of carbonyl (C=O) groups is 10. The number of ketones is 1. The minimum absolute atomic E-state index is 0.0297. The van der Waals surface area contributed by atoms with E-state index in [1.54, 1.807) is 13.8 Å². The smallest absolute Gasteiger partial charge is 0.344 e. The number of hydrogen-bond acceptors (Lipinski definition) is 19. The predicted molar refractivity (Wildman–Crippen MR) is 318 cm³/mol. The molecule has 14 bridgehead atoms. The molecule has 18 unspecified atom stereocenters. The van der Waals surface area contributed by atoms with Gasteiger partial charge in [0.15, 0.2) is 12.4 Å². The molecule has 14 fully saturated rings. The molecule has 0 amide bonds. The Labute approximate surface area is 521 Å². The van der Waals surface area contributed by atoms with E-state index in [1.165, 1.54) is 6.42 Å². The quantitative estimate of drug-likeness (QED) is 0.0624. The van der Waals surface area contributed by atoms with E-state index >= 15 is 0 Å². The fourth-order valence-electron chi connectivity index (χ4n) is 15.5. The summed E-state index contributed by atoms with van der Waals surface area (Å²) in [6.07, 6.45) is 17.6. The molecule has 0 spiro atoms. The summed E-state index contributed by atoms with van der Waals surface area (Å²) in [5, 5.41) is 0. The lowest BCUT2D eigenvalue weighted by Crippen LogP contribution is -2.46. The Balaban J connectivity index is 0.000000152. The second kappa shape index (κ2) is 28.6. The van der Waals surface area contributed by atoms with Crippen LogP contribution in [-0.2, 0) is 90.6 Å². The molecule has 88 heavy (non-hydrogen) atoms. The van der Waals surface area contributed by atoms with Gasteiger partial charge in [-0.3, -0.25) is 43.2 Å². The van der Waals surface area contributed by atoms with Crippen molar-refractivity contribution in [2.24, 2.45) is 92.7 Å². The van der Waals surface area contributed by atoms with Gasteiger partial charge in [0.2, 0.25) is 0 Å². The molecule has 7 heterocycles. The van der Waals surface area contributed by atoms with Crippen molar-refractivity contribution in [1.82, 2.24) is 0 Å². The van der Waals surface area contributed by atoms with Gasteiger partial charge in [-0.1, -0.05) is 27.7 Å². The molecule has 19 heteroatoms. The van der Waals surface area contributed by atoms with Crippen molar-refractivity contribution in [2.75, 3.05) is 19.8 Å². The van der Waals surface area contributed by atoms with Crippen molar-refractivity contribution in [2.45, 2.75) is 261 Å². The summed E-state index contributed by atoms with van der Waals surface area (Å²) in [5.41, 5.74) is -2.03. The summed E-state index contributed by atoms with van der Waals surface area (Å²) in [6.45, 7) is 22.6. The van der Waals surface area contributed by atoms with Gasteiger partial charge in [-0.2, -0.15) is 0 Å².